The maximum Gasteiger partial charge on any atom is 0.352 e. The van der Waals surface area contributed by atoms with Crippen molar-refractivity contribution in [2.24, 2.45) is 0 Å². The van der Waals surface area contributed by atoms with Crippen LogP contribution in [0.15, 0.2) is 23.9 Å². The number of aliphatic carboxylic acids is 1. The number of methoxy groups -OCH3 is 3. The fourth-order valence-electron chi connectivity index (χ4n) is 2.56. The molecule has 1 atom stereocenters. The highest BCUT2D eigenvalue weighted by atomic mass is 16.5. The molecule has 1 aromatic carbocycles. The average Bonchev–Trinajstić information content (AvgIpc) is 3.07. The Kier molecular flexibility index (Phi) is 3.94. The van der Waals surface area contributed by atoms with Crippen LogP contribution in [-0.4, -0.2) is 52.6 Å². The van der Waals surface area contributed by atoms with Gasteiger partial charge in [0, 0.05) is 5.56 Å². The summed E-state index contributed by atoms with van der Waals surface area (Å²) in [5, 5.41) is 23.2. The third kappa shape index (κ3) is 2.37. The summed E-state index contributed by atoms with van der Waals surface area (Å²) in [6.07, 6.45) is 1.50. The van der Waals surface area contributed by atoms with E-state index in [2.05, 4.69) is 20.8 Å². The van der Waals surface area contributed by atoms with Crippen LogP contribution in [0.1, 0.15) is 11.6 Å². The van der Waals surface area contributed by atoms with E-state index in [4.69, 9.17) is 14.2 Å². The fourth-order valence-corrected chi connectivity index (χ4v) is 2.56. The van der Waals surface area contributed by atoms with Crippen molar-refractivity contribution in [3.8, 4) is 17.2 Å². The highest BCUT2D eigenvalue weighted by molar-refractivity contribution is 5.90. The smallest absolute Gasteiger partial charge is 0.352 e. The number of aromatic nitrogens is 4. The Labute approximate surface area is 136 Å². The van der Waals surface area contributed by atoms with E-state index in [1.54, 1.807) is 12.1 Å². The number of fused-ring (bicyclic) bond motifs is 1. The Balaban J connectivity index is 2.20. The Morgan fingerprint density at radius 1 is 1.21 bits per heavy atom. The average molecular weight is 333 g/mol. The number of carboxylic acids is 1. The van der Waals surface area contributed by atoms with Crippen molar-refractivity contribution in [3.05, 3.63) is 29.5 Å². The van der Waals surface area contributed by atoms with Crippen LogP contribution in [0.4, 0.5) is 5.95 Å². The molecule has 10 nitrogen and oxygen atoms in total. The maximum absolute atomic E-state index is 11.4. The Morgan fingerprint density at radius 3 is 2.58 bits per heavy atom. The van der Waals surface area contributed by atoms with Crippen molar-refractivity contribution in [2.75, 3.05) is 26.6 Å². The molecule has 0 saturated carbocycles. The van der Waals surface area contributed by atoms with Gasteiger partial charge in [-0.15, -0.1) is 0 Å². The van der Waals surface area contributed by atoms with Crippen molar-refractivity contribution >= 4 is 11.9 Å². The molecule has 0 spiro atoms. The molecule has 0 radical (unpaired) electrons. The van der Waals surface area contributed by atoms with Gasteiger partial charge in [-0.2, -0.15) is 4.68 Å². The first kappa shape index (κ1) is 15.6. The highest BCUT2D eigenvalue weighted by Crippen LogP contribution is 2.44. The van der Waals surface area contributed by atoms with Crippen molar-refractivity contribution in [1.29, 1.82) is 0 Å². The summed E-state index contributed by atoms with van der Waals surface area (Å²) in [6, 6.07) is 2.87. The van der Waals surface area contributed by atoms with E-state index in [1.807, 2.05) is 0 Å². The number of nitrogens with one attached hydrogen (secondary N) is 1. The van der Waals surface area contributed by atoms with Crippen LogP contribution in [-0.2, 0) is 4.79 Å². The number of anilines is 1. The zero-order valence-corrected chi connectivity index (χ0v) is 13.2. The first-order chi connectivity index (χ1) is 11.6. The Morgan fingerprint density at radius 2 is 1.96 bits per heavy atom. The standard InChI is InChI=1S/C14H15N5O5/c1-22-10-5-4-7(11(23-2)12(10)24-3)9-6-8(13(20)21)15-14-16-17-18-19(9)14/h4-6,9H,1-3H3,(H,20,21)(H,15,16,18)/t9-/m0/s1. The predicted octanol–water partition coefficient (Wildman–Crippen LogP) is 0.682. The third-order valence-electron chi connectivity index (χ3n) is 3.61. The van der Waals surface area contributed by atoms with Gasteiger partial charge >= 0.3 is 5.97 Å². The molecule has 2 aromatic rings. The van der Waals surface area contributed by atoms with Gasteiger partial charge in [0.15, 0.2) is 11.5 Å². The number of benzene rings is 1. The van der Waals surface area contributed by atoms with Crippen LogP contribution in [0.3, 0.4) is 0 Å². The zero-order chi connectivity index (χ0) is 17.3. The number of allylic oxidation sites excluding steroid dienone is 1. The molecule has 3 rings (SSSR count). The van der Waals surface area contributed by atoms with Crippen molar-refractivity contribution in [3.63, 3.8) is 0 Å². The summed E-state index contributed by atoms with van der Waals surface area (Å²) < 4.78 is 17.6. The van der Waals surface area contributed by atoms with Crippen molar-refractivity contribution < 1.29 is 24.1 Å². The second-order valence-corrected chi connectivity index (χ2v) is 4.83. The van der Waals surface area contributed by atoms with Crippen LogP contribution < -0.4 is 19.5 Å². The molecule has 0 amide bonds. The van der Waals surface area contributed by atoms with Gasteiger partial charge in [-0.3, -0.25) is 0 Å². The quantitative estimate of drug-likeness (QED) is 0.813. The molecule has 24 heavy (non-hydrogen) atoms. The minimum Gasteiger partial charge on any atom is -0.493 e. The minimum atomic E-state index is -1.12. The molecule has 0 fully saturated rings. The molecule has 1 aromatic heterocycles. The molecule has 0 bridgehead atoms. The highest BCUT2D eigenvalue weighted by Gasteiger charge is 2.30. The second kappa shape index (κ2) is 6.07. The lowest BCUT2D eigenvalue weighted by Crippen LogP contribution is -2.24. The van der Waals surface area contributed by atoms with Gasteiger partial charge < -0.3 is 24.6 Å². The normalized spacial score (nSPS) is 15.8. The maximum atomic E-state index is 11.4. The molecular weight excluding hydrogens is 318 g/mol. The second-order valence-electron chi connectivity index (χ2n) is 4.83. The van der Waals surface area contributed by atoms with E-state index in [9.17, 15) is 9.90 Å². The number of rotatable bonds is 5. The summed E-state index contributed by atoms with van der Waals surface area (Å²) in [5.41, 5.74) is 0.600. The van der Waals surface area contributed by atoms with Gasteiger partial charge in [-0.05, 0) is 28.6 Å². The third-order valence-corrected chi connectivity index (χ3v) is 3.61. The number of hydrogen-bond donors (Lipinski definition) is 2. The van der Waals surface area contributed by atoms with Gasteiger partial charge in [0.25, 0.3) is 0 Å². The summed E-state index contributed by atoms with van der Waals surface area (Å²) in [6.45, 7) is 0. The largest absolute Gasteiger partial charge is 0.493 e. The zero-order valence-electron chi connectivity index (χ0n) is 13.2. The van der Waals surface area contributed by atoms with E-state index < -0.39 is 12.0 Å². The van der Waals surface area contributed by atoms with E-state index in [1.165, 1.54) is 32.1 Å². The van der Waals surface area contributed by atoms with Gasteiger partial charge in [0.05, 0.1) is 21.3 Å². The lowest BCUT2D eigenvalue weighted by molar-refractivity contribution is -0.132. The molecule has 0 unspecified atom stereocenters. The summed E-state index contributed by atoms with van der Waals surface area (Å²) in [5.74, 6) is 0.402. The fraction of sp³-hybridized carbons (Fsp3) is 0.286. The lowest BCUT2D eigenvalue weighted by atomic mass is 10.0. The van der Waals surface area contributed by atoms with Crippen LogP contribution in [0.25, 0.3) is 0 Å². The van der Waals surface area contributed by atoms with Crippen LogP contribution in [0, 0.1) is 0 Å². The first-order valence-corrected chi connectivity index (χ1v) is 6.89. The first-order valence-electron chi connectivity index (χ1n) is 6.89. The van der Waals surface area contributed by atoms with Crippen molar-refractivity contribution in [2.45, 2.75) is 6.04 Å². The van der Waals surface area contributed by atoms with Crippen LogP contribution in [0.5, 0.6) is 17.2 Å². The SMILES string of the molecule is COc1ccc([C@@H]2C=C(C(=O)O)Nc3nnnn32)c(OC)c1OC. The number of ether oxygens (including phenoxy) is 3. The topological polar surface area (TPSA) is 121 Å². The summed E-state index contributed by atoms with van der Waals surface area (Å²) in [4.78, 5) is 11.4. The number of carboxylic acid groups (broad SMARTS) is 1. The van der Waals surface area contributed by atoms with E-state index in [-0.39, 0.29) is 11.6 Å². The number of carbonyl (C=O) groups is 1. The lowest BCUT2D eigenvalue weighted by Gasteiger charge is -2.24. The molecule has 0 saturated heterocycles. The summed E-state index contributed by atoms with van der Waals surface area (Å²) >= 11 is 0. The molecule has 1 aliphatic heterocycles. The van der Waals surface area contributed by atoms with Crippen molar-refractivity contribution in [1.82, 2.24) is 20.2 Å². The summed E-state index contributed by atoms with van der Waals surface area (Å²) in [7, 11) is 4.50. The number of nitrogens with zero attached hydrogens (tertiary/aromatic N) is 4. The molecule has 10 heteroatoms. The molecule has 2 N–H and O–H groups in total. The Hall–Kier alpha value is -3.30. The van der Waals surface area contributed by atoms with Gasteiger partial charge in [0.1, 0.15) is 11.7 Å². The monoisotopic (exact) mass is 333 g/mol. The van der Waals surface area contributed by atoms with E-state index in [0.29, 0.717) is 22.8 Å². The number of tetrazole rings is 1. The molecular formula is C14H15N5O5. The van der Waals surface area contributed by atoms with Crippen LogP contribution >= 0.6 is 0 Å². The van der Waals surface area contributed by atoms with Crippen LogP contribution in [0.2, 0.25) is 0 Å². The minimum absolute atomic E-state index is 0.0286. The predicted molar refractivity (Wildman–Crippen MR) is 81.4 cm³/mol. The van der Waals surface area contributed by atoms with Gasteiger partial charge in [-0.1, -0.05) is 5.10 Å². The molecule has 126 valence electrons. The van der Waals surface area contributed by atoms with Gasteiger partial charge in [0.2, 0.25) is 11.7 Å². The molecule has 2 heterocycles. The van der Waals surface area contributed by atoms with E-state index >= 15 is 0 Å². The molecule has 1 aliphatic rings. The molecule has 0 aliphatic carbocycles. The number of hydrogen-bond acceptors (Lipinski definition) is 8. The van der Waals surface area contributed by atoms with Gasteiger partial charge in [-0.25, -0.2) is 4.79 Å². The van der Waals surface area contributed by atoms with E-state index in [0.717, 1.165) is 0 Å². The Bertz CT molecular complexity index is 816.